The van der Waals surface area contributed by atoms with Crippen molar-refractivity contribution in [2.24, 2.45) is 11.8 Å². The summed E-state index contributed by atoms with van der Waals surface area (Å²) >= 11 is 0. The zero-order valence-corrected chi connectivity index (χ0v) is 30.6. The van der Waals surface area contributed by atoms with E-state index < -0.39 is 41.5 Å². The second-order valence-electron chi connectivity index (χ2n) is 13.2. The monoisotopic (exact) mass is 698 g/mol. The summed E-state index contributed by atoms with van der Waals surface area (Å²) in [6.07, 6.45) is -0.547. The van der Waals surface area contributed by atoms with E-state index in [0.717, 1.165) is 0 Å². The molecule has 0 aromatic heterocycles. The highest BCUT2D eigenvalue weighted by molar-refractivity contribution is 5.97. The molecule has 272 valence electrons. The van der Waals surface area contributed by atoms with Crippen LogP contribution < -0.4 is 29.6 Å². The Balaban J connectivity index is 1.65. The molecule has 4 aromatic rings. The van der Waals surface area contributed by atoms with Gasteiger partial charge in [-0.1, -0.05) is 76.2 Å². The summed E-state index contributed by atoms with van der Waals surface area (Å²) in [5.74, 6) is 0.722. The maximum Gasteiger partial charge on any atom is 0.229 e. The van der Waals surface area contributed by atoms with E-state index in [1.54, 1.807) is 126 Å². The van der Waals surface area contributed by atoms with Crippen LogP contribution in [0.1, 0.15) is 56.4 Å². The van der Waals surface area contributed by atoms with Gasteiger partial charge in [0.1, 0.15) is 40.6 Å². The number of amides is 2. The third kappa shape index (κ3) is 8.46. The summed E-state index contributed by atoms with van der Waals surface area (Å²) in [7, 11) is 6.24. The number of methoxy groups -OCH3 is 4. The standard InChI is InChI=1S/C41H50N2O8/c1-26(2)38(40(46,28-9-17-32(48-5)18-10-28)29-11-19-33(49-6)20-12-29)42-36(44)25-37(45)43-39(27(3)4)41(47,30-13-21-34(50-7)22-14-30)31-15-23-35(51-8)24-16-31/h9-24,26-27,38-39,46-47H,25H2,1-8H3,(H,42,44)(H,43,45). The smallest absolute Gasteiger partial charge is 0.229 e. The Morgan fingerprint density at radius 1 is 0.490 bits per heavy atom. The fraction of sp³-hybridized carbons (Fsp3) is 0.366. The molecular formula is C41H50N2O8. The molecule has 0 bridgehead atoms. The molecule has 0 fully saturated rings. The number of ether oxygens (including phenoxy) is 4. The zero-order valence-electron chi connectivity index (χ0n) is 30.6. The molecule has 4 rings (SSSR count). The van der Waals surface area contributed by atoms with Crippen molar-refractivity contribution in [2.45, 2.75) is 57.4 Å². The number of benzene rings is 4. The van der Waals surface area contributed by atoms with Gasteiger partial charge in [-0.15, -0.1) is 0 Å². The topological polar surface area (TPSA) is 136 Å². The van der Waals surface area contributed by atoms with Gasteiger partial charge >= 0.3 is 0 Å². The van der Waals surface area contributed by atoms with E-state index in [-0.39, 0.29) is 11.8 Å². The number of rotatable bonds is 16. The van der Waals surface area contributed by atoms with Crippen LogP contribution in [0.4, 0.5) is 0 Å². The summed E-state index contributed by atoms with van der Waals surface area (Å²) in [4.78, 5) is 27.5. The minimum atomic E-state index is -1.69. The van der Waals surface area contributed by atoms with E-state index in [0.29, 0.717) is 45.3 Å². The molecule has 4 N–H and O–H groups in total. The van der Waals surface area contributed by atoms with E-state index in [1.807, 2.05) is 27.7 Å². The molecule has 4 aromatic carbocycles. The summed E-state index contributed by atoms with van der Waals surface area (Å²) in [6.45, 7) is 7.56. The maximum atomic E-state index is 13.7. The number of carbonyl (C=O) groups is 2. The average Bonchev–Trinajstić information content (AvgIpc) is 3.15. The first-order valence-electron chi connectivity index (χ1n) is 16.9. The van der Waals surface area contributed by atoms with Crippen LogP contribution in [-0.4, -0.2) is 62.6 Å². The summed E-state index contributed by atoms with van der Waals surface area (Å²) in [5.41, 5.74) is -1.27. The minimum Gasteiger partial charge on any atom is -0.497 e. The normalized spacial score (nSPS) is 12.9. The Bertz CT molecular complexity index is 1500. The first-order valence-corrected chi connectivity index (χ1v) is 16.9. The van der Waals surface area contributed by atoms with Gasteiger partial charge in [-0.25, -0.2) is 0 Å². The fourth-order valence-corrected chi connectivity index (χ4v) is 6.53. The highest BCUT2D eigenvalue weighted by atomic mass is 16.5. The Morgan fingerprint density at radius 2 is 0.706 bits per heavy atom. The predicted molar refractivity (Wildman–Crippen MR) is 196 cm³/mol. The van der Waals surface area contributed by atoms with Gasteiger partial charge < -0.3 is 39.8 Å². The van der Waals surface area contributed by atoms with Crippen LogP contribution in [0.2, 0.25) is 0 Å². The van der Waals surface area contributed by atoms with Crippen molar-refractivity contribution in [3.63, 3.8) is 0 Å². The summed E-state index contributed by atoms with van der Waals surface area (Å²) < 4.78 is 21.4. The van der Waals surface area contributed by atoms with Crippen molar-refractivity contribution in [3.05, 3.63) is 119 Å². The van der Waals surface area contributed by atoms with Crippen molar-refractivity contribution in [1.29, 1.82) is 0 Å². The molecule has 2 unspecified atom stereocenters. The number of hydrogen-bond acceptors (Lipinski definition) is 8. The average molecular weight is 699 g/mol. The third-order valence-electron chi connectivity index (χ3n) is 9.31. The highest BCUT2D eigenvalue weighted by Gasteiger charge is 2.45. The fourth-order valence-electron chi connectivity index (χ4n) is 6.53. The van der Waals surface area contributed by atoms with Crippen molar-refractivity contribution in [2.75, 3.05) is 28.4 Å². The molecule has 0 aliphatic rings. The lowest BCUT2D eigenvalue weighted by atomic mass is 9.75. The van der Waals surface area contributed by atoms with Crippen LogP contribution in [0.5, 0.6) is 23.0 Å². The van der Waals surface area contributed by atoms with Crippen molar-refractivity contribution in [1.82, 2.24) is 10.6 Å². The van der Waals surface area contributed by atoms with Crippen molar-refractivity contribution < 1.29 is 38.7 Å². The third-order valence-corrected chi connectivity index (χ3v) is 9.31. The molecule has 51 heavy (non-hydrogen) atoms. The van der Waals surface area contributed by atoms with Crippen LogP contribution in [0, 0.1) is 11.8 Å². The first-order chi connectivity index (χ1) is 24.3. The maximum absolute atomic E-state index is 13.7. The van der Waals surface area contributed by atoms with E-state index >= 15 is 0 Å². The van der Waals surface area contributed by atoms with Gasteiger partial charge in [-0.3, -0.25) is 9.59 Å². The summed E-state index contributed by atoms with van der Waals surface area (Å²) in [5, 5.41) is 31.1. The van der Waals surface area contributed by atoms with Crippen molar-refractivity contribution >= 4 is 11.8 Å². The second-order valence-corrected chi connectivity index (χ2v) is 13.2. The molecule has 0 spiro atoms. The van der Waals surface area contributed by atoms with Crippen LogP contribution in [0.15, 0.2) is 97.1 Å². The molecule has 0 aliphatic heterocycles. The molecule has 0 saturated carbocycles. The Hall–Kier alpha value is -5.06. The second kappa shape index (κ2) is 16.8. The molecule has 2 atom stereocenters. The molecule has 0 aliphatic carbocycles. The molecule has 2 amide bonds. The summed E-state index contributed by atoms with van der Waals surface area (Å²) in [6, 6.07) is 26.3. The van der Waals surface area contributed by atoms with Gasteiger partial charge in [0.2, 0.25) is 11.8 Å². The Labute approximate surface area is 300 Å². The molecule has 0 saturated heterocycles. The van der Waals surface area contributed by atoms with Crippen molar-refractivity contribution in [3.8, 4) is 23.0 Å². The lowest BCUT2D eigenvalue weighted by Crippen LogP contribution is -2.56. The Kier molecular flexibility index (Phi) is 12.7. The molecule has 0 heterocycles. The van der Waals surface area contributed by atoms with E-state index in [1.165, 1.54) is 0 Å². The lowest BCUT2D eigenvalue weighted by Gasteiger charge is -2.41. The van der Waals surface area contributed by atoms with E-state index in [2.05, 4.69) is 10.6 Å². The number of aliphatic hydroxyl groups is 2. The first kappa shape index (κ1) is 38.7. The van der Waals surface area contributed by atoms with Gasteiger partial charge in [0, 0.05) is 0 Å². The van der Waals surface area contributed by atoms with Gasteiger partial charge in [0.25, 0.3) is 0 Å². The highest BCUT2D eigenvalue weighted by Crippen LogP contribution is 2.39. The van der Waals surface area contributed by atoms with Gasteiger partial charge in [-0.2, -0.15) is 0 Å². The predicted octanol–water partition coefficient (Wildman–Crippen LogP) is 5.56. The zero-order chi connectivity index (χ0) is 37.3. The number of carbonyl (C=O) groups excluding carboxylic acids is 2. The van der Waals surface area contributed by atoms with E-state index in [9.17, 15) is 19.8 Å². The lowest BCUT2D eigenvalue weighted by molar-refractivity contribution is -0.133. The van der Waals surface area contributed by atoms with Crippen LogP contribution in [0.25, 0.3) is 0 Å². The molecule has 10 heteroatoms. The van der Waals surface area contributed by atoms with Crippen LogP contribution in [-0.2, 0) is 20.8 Å². The number of nitrogens with one attached hydrogen (secondary N) is 2. The van der Waals surface area contributed by atoms with E-state index in [4.69, 9.17) is 18.9 Å². The van der Waals surface area contributed by atoms with Gasteiger partial charge in [0.15, 0.2) is 0 Å². The Morgan fingerprint density at radius 3 is 0.882 bits per heavy atom. The van der Waals surface area contributed by atoms with Crippen LogP contribution in [0.3, 0.4) is 0 Å². The minimum absolute atomic E-state index is 0.273. The SMILES string of the molecule is COc1ccc(C(O)(c2ccc(OC)cc2)C(NC(=O)CC(=O)NC(C(C)C)C(O)(c2ccc(OC)cc2)c2ccc(OC)cc2)C(C)C)cc1. The number of hydrogen-bond donors (Lipinski definition) is 4. The molecule has 10 nitrogen and oxygen atoms in total. The van der Waals surface area contributed by atoms with Gasteiger partial charge in [0.05, 0.1) is 40.5 Å². The molecule has 0 radical (unpaired) electrons. The van der Waals surface area contributed by atoms with Gasteiger partial charge in [-0.05, 0) is 82.6 Å². The molecular weight excluding hydrogens is 648 g/mol. The largest absolute Gasteiger partial charge is 0.497 e. The quantitative estimate of drug-likeness (QED) is 0.112. The van der Waals surface area contributed by atoms with Crippen LogP contribution >= 0.6 is 0 Å².